The first kappa shape index (κ1) is 33.3. The molecule has 15 heteroatoms. The Balaban J connectivity index is 0.000000312. The zero-order chi connectivity index (χ0) is 30.9. The van der Waals surface area contributed by atoms with E-state index in [1.54, 1.807) is 19.2 Å². The number of thioether (sulfide) groups is 1. The highest BCUT2D eigenvalue weighted by Crippen LogP contribution is 2.31. The molecule has 2 aliphatic rings. The number of thiol groups is 1. The van der Waals surface area contributed by atoms with Crippen molar-refractivity contribution in [1.29, 1.82) is 0 Å². The topological polar surface area (TPSA) is 154 Å². The first-order valence-electron chi connectivity index (χ1n) is 13.2. The smallest absolute Gasteiger partial charge is 0.419 e. The van der Waals surface area contributed by atoms with Gasteiger partial charge in [0, 0.05) is 17.3 Å². The van der Waals surface area contributed by atoms with Crippen molar-refractivity contribution in [3.8, 4) is 0 Å². The zero-order valence-electron chi connectivity index (χ0n) is 24.2. The predicted octanol–water partition coefficient (Wildman–Crippen LogP) is 3.29. The maximum absolute atomic E-state index is 12.6. The first-order chi connectivity index (χ1) is 19.8. The number of thiazole rings is 1. The number of imidazole rings is 1. The number of aromatic nitrogens is 3. The number of rotatable bonds is 3. The van der Waals surface area contributed by atoms with Crippen LogP contribution in [0.2, 0.25) is 0 Å². The molecular formula is C27H36N6O6S3. The van der Waals surface area contributed by atoms with Crippen LogP contribution in [0.25, 0.3) is 0 Å². The van der Waals surface area contributed by atoms with E-state index in [0.29, 0.717) is 28.7 Å². The van der Waals surface area contributed by atoms with Gasteiger partial charge < -0.3 is 20.1 Å². The van der Waals surface area contributed by atoms with Crippen molar-refractivity contribution in [2.24, 2.45) is 4.99 Å². The standard InChI is InChI=1S/C18H22N4O4S3.C9H14N2O2/c1-18-10-29-16(22-18)12-9-28-14(21-12)7-19-13(23)6-11(4-2-3-5-27)26-15(24)8-20-17(18)25;1-7-5-11(6-10-7)8(12)13-9(2,3)4/h2,4,9,11,27H,3,5-8,10H2,1H3,(H,19,23)(H,20,25);5-6H,1-4H3/b4-2+;. The minimum atomic E-state index is -0.971. The SMILES string of the molecule is CC12CSC(=N1)c1csc(n1)CNC(=O)CC(/C=C/CCS)OC(=O)CNC2=O.Cc1cn(C(=O)OC(C)(C)C)cn1. The lowest BCUT2D eigenvalue weighted by Crippen LogP contribution is -2.46. The Morgan fingerprint density at radius 3 is 2.71 bits per heavy atom. The molecule has 228 valence electrons. The summed E-state index contributed by atoms with van der Waals surface area (Å²) in [5.41, 5.74) is 0.0573. The van der Waals surface area contributed by atoms with Crippen LogP contribution in [0, 0.1) is 6.92 Å². The van der Waals surface area contributed by atoms with Gasteiger partial charge in [0.05, 0.1) is 18.7 Å². The van der Waals surface area contributed by atoms with Crippen LogP contribution in [0.15, 0.2) is 35.0 Å². The fourth-order valence-electron chi connectivity index (χ4n) is 3.53. The monoisotopic (exact) mass is 636 g/mol. The minimum Gasteiger partial charge on any atom is -0.456 e. The van der Waals surface area contributed by atoms with Crippen molar-refractivity contribution in [1.82, 2.24) is 25.2 Å². The van der Waals surface area contributed by atoms with E-state index in [-0.39, 0.29) is 31.3 Å². The van der Waals surface area contributed by atoms with Crippen LogP contribution >= 0.6 is 35.7 Å². The predicted molar refractivity (Wildman–Crippen MR) is 165 cm³/mol. The number of esters is 1. The number of cyclic esters (lactones) is 1. The Hall–Kier alpha value is -3.17. The van der Waals surface area contributed by atoms with Gasteiger partial charge in [-0.15, -0.1) is 23.1 Å². The molecule has 2 unspecified atom stereocenters. The van der Waals surface area contributed by atoms with E-state index >= 15 is 0 Å². The molecule has 4 rings (SSSR count). The van der Waals surface area contributed by atoms with Crippen molar-refractivity contribution in [3.63, 3.8) is 0 Å². The van der Waals surface area contributed by atoms with Gasteiger partial charge in [0.25, 0.3) is 0 Å². The molecule has 0 spiro atoms. The second-order valence-corrected chi connectivity index (χ2v) is 13.0. The minimum absolute atomic E-state index is 0.0126. The summed E-state index contributed by atoms with van der Waals surface area (Å²) in [4.78, 5) is 61.4. The van der Waals surface area contributed by atoms with Crippen LogP contribution in [0.3, 0.4) is 0 Å². The maximum atomic E-state index is 12.6. The number of aliphatic imine (C=N–C) groups is 1. The third kappa shape index (κ3) is 10.3. The van der Waals surface area contributed by atoms with Gasteiger partial charge in [0.2, 0.25) is 11.8 Å². The molecule has 2 atom stereocenters. The highest BCUT2D eigenvalue weighted by Gasteiger charge is 2.39. The number of aryl methyl sites for hydroxylation is 1. The van der Waals surface area contributed by atoms with Crippen molar-refractivity contribution < 1.29 is 28.7 Å². The van der Waals surface area contributed by atoms with E-state index in [4.69, 9.17) is 9.47 Å². The van der Waals surface area contributed by atoms with Crippen molar-refractivity contribution in [3.05, 3.63) is 46.5 Å². The number of hydrogen-bond donors (Lipinski definition) is 3. The van der Waals surface area contributed by atoms with E-state index in [2.05, 4.69) is 38.2 Å². The van der Waals surface area contributed by atoms with Crippen LogP contribution in [-0.2, 0) is 30.4 Å². The Morgan fingerprint density at radius 2 is 2.05 bits per heavy atom. The number of nitrogens with zero attached hydrogens (tertiary/aromatic N) is 4. The highest BCUT2D eigenvalue weighted by atomic mass is 32.2. The van der Waals surface area contributed by atoms with Crippen molar-refractivity contribution in [2.75, 3.05) is 18.1 Å². The average Bonchev–Trinajstić information content (AvgIpc) is 3.65. The molecule has 2 N–H and O–H groups in total. The Labute approximate surface area is 258 Å². The molecule has 0 saturated carbocycles. The van der Waals surface area contributed by atoms with E-state index in [0.717, 1.165) is 10.7 Å². The summed E-state index contributed by atoms with van der Waals surface area (Å²) in [6.45, 7) is 9.02. The fraction of sp³-hybridized carbons (Fsp3) is 0.519. The van der Waals surface area contributed by atoms with E-state index in [9.17, 15) is 19.2 Å². The summed E-state index contributed by atoms with van der Waals surface area (Å²) in [7, 11) is 0. The third-order valence-electron chi connectivity index (χ3n) is 5.56. The van der Waals surface area contributed by atoms with Crippen LogP contribution in [-0.4, -0.2) is 78.8 Å². The lowest BCUT2D eigenvalue weighted by atomic mass is 10.1. The second kappa shape index (κ2) is 14.8. The lowest BCUT2D eigenvalue weighted by molar-refractivity contribution is -0.148. The molecule has 2 aliphatic heterocycles. The molecule has 2 aromatic heterocycles. The quantitative estimate of drug-likeness (QED) is 0.262. The molecule has 0 aromatic carbocycles. The maximum Gasteiger partial charge on any atom is 0.419 e. The Morgan fingerprint density at radius 1 is 1.29 bits per heavy atom. The van der Waals surface area contributed by atoms with Gasteiger partial charge in [-0.2, -0.15) is 12.6 Å². The normalized spacial score (nSPS) is 21.5. The number of hydrogen-bond acceptors (Lipinski definition) is 12. The number of carbonyl (C=O) groups excluding carboxylic acids is 4. The Kier molecular flexibility index (Phi) is 11.8. The molecule has 12 nitrogen and oxygen atoms in total. The Bertz CT molecular complexity index is 1350. The molecule has 4 heterocycles. The number of allylic oxidation sites excluding steroid dienone is 1. The summed E-state index contributed by atoms with van der Waals surface area (Å²) in [6, 6.07) is 0. The van der Waals surface area contributed by atoms with Crippen LogP contribution in [0.1, 0.15) is 56.9 Å². The molecule has 0 fully saturated rings. The van der Waals surface area contributed by atoms with Crippen LogP contribution in [0.5, 0.6) is 0 Å². The molecule has 2 amide bonds. The number of fused-ring (bicyclic) bond motifs is 4. The van der Waals surface area contributed by atoms with E-state index in [1.807, 2.05) is 39.2 Å². The first-order valence-corrected chi connectivity index (χ1v) is 15.7. The summed E-state index contributed by atoms with van der Waals surface area (Å²) >= 11 is 7.00. The van der Waals surface area contributed by atoms with Crippen LogP contribution in [0.4, 0.5) is 4.79 Å². The highest BCUT2D eigenvalue weighted by molar-refractivity contribution is 8.14. The van der Waals surface area contributed by atoms with Gasteiger partial charge in [-0.1, -0.05) is 6.08 Å². The number of amides is 2. The molecule has 42 heavy (non-hydrogen) atoms. The molecule has 4 bridgehead atoms. The third-order valence-corrected chi connectivity index (χ3v) is 7.95. The van der Waals surface area contributed by atoms with Crippen molar-refractivity contribution in [2.45, 2.75) is 71.2 Å². The van der Waals surface area contributed by atoms with Gasteiger partial charge >= 0.3 is 12.1 Å². The second-order valence-electron chi connectivity index (χ2n) is 10.6. The van der Waals surface area contributed by atoms with E-state index in [1.165, 1.54) is 34.0 Å². The summed E-state index contributed by atoms with van der Waals surface area (Å²) in [6.07, 6.45) is 6.13. The number of carbonyl (C=O) groups is 4. The van der Waals surface area contributed by atoms with Gasteiger partial charge in [-0.25, -0.2) is 19.3 Å². The average molecular weight is 637 g/mol. The van der Waals surface area contributed by atoms with Gasteiger partial charge in [0.15, 0.2) is 0 Å². The fourth-order valence-corrected chi connectivity index (χ4v) is 5.60. The lowest BCUT2D eigenvalue weighted by Gasteiger charge is -2.19. The number of ether oxygens (including phenoxy) is 2. The summed E-state index contributed by atoms with van der Waals surface area (Å²) in [5, 5.41) is 8.68. The zero-order valence-corrected chi connectivity index (χ0v) is 26.7. The van der Waals surface area contributed by atoms with E-state index < -0.39 is 29.3 Å². The van der Waals surface area contributed by atoms with Crippen LogP contribution < -0.4 is 10.6 Å². The summed E-state index contributed by atoms with van der Waals surface area (Å²) in [5.74, 6) is -0.113. The summed E-state index contributed by atoms with van der Waals surface area (Å²) < 4.78 is 11.8. The molecule has 0 aliphatic carbocycles. The molecule has 0 radical (unpaired) electrons. The largest absolute Gasteiger partial charge is 0.456 e. The van der Waals surface area contributed by atoms with Gasteiger partial charge in [-0.05, 0) is 52.9 Å². The van der Waals surface area contributed by atoms with Crippen molar-refractivity contribution >= 4 is 64.6 Å². The molecule has 2 aromatic rings. The molecule has 0 saturated heterocycles. The number of nitrogens with one attached hydrogen (secondary N) is 2. The van der Waals surface area contributed by atoms with Gasteiger partial charge in [0.1, 0.15) is 45.9 Å². The molecular weight excluding hydrogens is 601 g/mol. The van der Waals surface area contributed by atoms with Gasteiger partial charge in [-0.3, -0.25) is 19.4 Å².